The summed E-state index contributed by atoms with van der Waals surface area (Å²) < 4.78 is 0. The molecular weight excluding hydrogens is 142 g/mol. The Morgan fingerprint density at radius 2 is 2.55 bits per heavy atom. The van der Waals surface area contributed by atoms with Crippen LogP contribution in [0.5, 0.6) is 0 Å². The molecule has 1 aliphatic heterocycles. The minimum absolute atomic E-state index is 0.0257. The summed E-state index contributed by atoms with van der Waals surface area (Å²) in [6.45, 7) is 2.30. The van der Waals surface area contributed by atoms with Crippen LogP contribution in [0, 0.1) is 11.3 Å². The van der Waals surface area contributed by atoms with E-state index in [1.807, 2.05) is 11.0 Å². The maximum atomic E-state index is 10.9. The third kappa shape index (κ3) is 2.56. The summed E-state index contributed by atoms with van der Waals surface area (Å²) in [7, 11) is 0. The van der Waals surface area contributed by atoms with Crippen molar-refractivity contribution in [2.75, 3.05) is 26.2 Å². The summed E-state index contributed by atoms with van der Waals surface area (Å²) in [4.78, 5) is 12.8. The number of carbonyl (C=O) groups excluding carboxylic acids is 1. The van der Waals surface area contributed by atoms with Gasteiger partial charge in [-0.1, -0.05) is 0 Å². The summed E-state index contributed by atoms with van der Waals surface area (Å²) in [5.74, 6) is 0.0257. The summed E-state index contributed by atoms with van der Waals surface area (Å²) in [6.07, 6.45) is 0.938. The molecule has 1 N–H and O–H groups in total. The fraction of sp³-hybridized carbons (Fsp3) is 0.714. The van der Waals surface area contributed by atoms with Crippen LogP contribution < -0.4 is 5.32 Å². The predicted molar refractivity (Wildman–Crippen MR) is 39.7 cm³/mol. The van der Waals surface area contributed by atoms with Gasteiger partial charge in [0.05, 0.1) is 19.2 Å². The van der Waals surface area contributed by atoms with Crippen LogP contribution in [-0.2, 0) is 4.79 Å². The molecule has 0 spiro atoms. The summed E-state index contributed by atoms with van der Waals surface area (Å²) in [5, 5.41) is 11.1. The first-order valence-corrected chi connectivity index (χ1v) is 3.69. The van der Waals surface area contributed by atoms with Gasteiger partial charge >= 0.3 is 0 Å². The third-order valence-corrected chi connectivity index (χ3v) is 1.63. The number of nitrogens with one attached hydrogen (secondary N) is 1. The monoisotopic (exact) mass is 153 g/mol. The lowest BCUT2D eigenvalue weighted by molar-refractivity contribution is -0.121. The fourth-order valence-corrected chi connectivity index (χ4v) is 1.10. The Balaban J connectivity index is 2.40. The lowest BCUT2D eigenvalue weighted by atomic mass is 10.4. The van der Waals surface area contributed by atoms with Crippen LogP contribution >= 0.6 is 0 Å². The molecule has 11 heavy (non-hydrogen) atoms. The minimum atomic E-state index is 0.0257. The van der Waals surface area contributed by atoms with Crippen molar-refractivity contribution in [3.05, 3.63) is 0 Å². The van der Waals surface area contributed by atoms with E-state index in [9.17, 15) is 4.79 Å². The molecule has 0 aromatic rings. The Hall–Kier alpha value is -1.08. The third-order valence-electron chi connectivity index (χ3n) is 1.63. The molecule has 1 saturated heterocycles. The number of hydrogen-bond donors (Lipinski definition) is 1. The molecule has 1 fully saturated rings. The zero-order chi connectivity index (χ0) is 8.10. The highest BCUT2D eigenvalue weighted by atomic mass is 16.2. The van der Waals surface area contributed by atoms with E-state index in [4.69, 9.17) is 5.26 Å². The van der Waals surface area contributed by atoms with Crippen LogP contribution in [0.15, 0.2) is 0 Å². The van der Waals surface area contributed by atoms with Gasteiger partial charge in [0.15, 0.2) is 0 Å². The van der Waals surface area contributed by atoms with Crippen LogP contribution in [0.2, 0.25) is 0 Å². The maximum absolute atomic E-state index is 10.9. The predicted octanol–water partition coefficient (Wildman–Crippen LogP) is -0.668. The minimum Gasteiger partial charge on any atom is -0.355 e. The SMILES string of the molecule is N#CCN1CCCNC(=O)C1. The molecule has 4 nitrogen and oxygen atoms in total. The van der Waals surface area contributed by atoms with Gasteiger partial charge in [0.1, 0.15) is 0 Å². The number of rotatable bonds is 1. The quantitative estimate of drug-likeness (QED) is 0.508. The Kier molecular flexibility index (Phi) is 2.87. The van der Waals surface area contributed by atoms with E-state index in [0.717, 1.165) is 19.5 Å². The largest absolute Gasteiger partial charge is 0.355 e. The average molecular weight is 153 g/mol. The lowest BCUT2D eigenvalue weighted by Gasteiger charge is -2.12. The molecule has 4 heteroatoms. The van der Waals surface area contributed by atoms with E-state index in [2.05, 4.69) is 5.32 Å². The van der Waals surface area contributed by atoms with Crippen molar-refractivity contribution in [3.63, 3.8) is 0 Å². The maximum Gasteiger partial charge on any atom is 0.234 e. The highest BCUT2D eigenvalue weighted by Gasteiger charge is 2.12. The van der Waals surface area contributed by atoms with Crippen LogP contribution in [-0.4, -0.2) is 37.0 Å². The van der Waals surface area contributed by atoms with E-state index >= 15 is 0 Å². The Morgan fingerprint density at radius 1 is 1.73 bits per heavy atom. The van der Waals surface area contributed by atoms with E-state index in [1.54, 1.807) is 0 Å². The Morgan fingerprint density at radius 3 is 3.27 bits per heavy atom. The number of hydrogen-bond acceptors (Lipinski definition) is 3. The highest BCUT2D eigenvalue weighted by Crippen LogP contribution is 1.94. The second kappa shape index (κ2) is 3.94. The molecule has 0 bridgehead atoms. The van der Waals surface area contributed by atoms with Gasteiger partial charge in [-0.05, 0) is 6.42 Å². The second-order valence-corrected chi connectivity index (χ2v) is 2.57. The summed E-state index contributed by atoms with van der Waals surface area (Å²) in [6, 6.07) is 2.03. The number of carbonyl (C=O) groups is 1. The number of nitrogens with zero attached hydrogens (tertiary/aromatic N) is 2. The number of amides is 1. The first-order valence-electron chi connectivity index (χ1n) is 3.69. The summed E-state index contributed by atoms with van der Waals surface area (Å²) >= 11 is 0. The first kappa shape index (κ1) is 8.02. The van der Waals surface area contributed by atoms with Crippen molar-refractivity contribution in [3.8, 4) is 6.07 Å². The molecule has 0 aromatic heterocycles. The summed E-state index contributed by atoms with van der Waals surface area (Å²) in [5.41, 5.74) is 0. The fourth-order valence-electron chi connectivity index (χ4n) is 1.10. The molecule has 1 heterocycles. The normalized spacial score (nSPS) is 20.1. The van der Waals surface area contributed by atoms with Gasteiger partial charge < -0.3 is 5.32 Å². The Bertz CT molecular complexity index is 185. The van der Waals surface area contributed by atoms with Crippen molar-refractivity contribution in [1.29, 1.82) is 5.26 Å². The van der Waals surface area contributed by atoms with Gasteiger partial charge in [-0.15, -0.1) is 0 Å². The van der Waals surface area contributed by atoms with E-state index in [-0.39, 0.29) is 5.91 Å². The molecule has 1 aliphatic rings. The zero-order valence-electron chi connectivity index (χ0n) is 6.34. The first-order chi connectivity index (χ1) is 5.33. The highest BCUT2D eigenvalue weighted by molar-refractivity contribution is 5.78. The zero-order valence-corrected chi connectivity index (χ0v) is 6.34. The van der Waals surface area contributed by atoms with Crippen molar-refractivity contribution in [2.45, 2.75) is 6.42 Å². The van der Waals surface area contributed by atoms with Gasteiger partial charge in [-0.25, -0.2) is 0 Å². The van der Waals surface area contributed by atoms with Crippen LogP contribution in [0.25, 0.3) is 0 Å². The molecular formula is C7H11N3O. The van der Waals surface area contributed by atoms with Crippen LogP contribution in [0.3, 0.4) is 0 Å². The molecule has 0 radical (unpaired) electrons. The molecule has 0 unspecified atom stereocenters. The van der Waals surface area contributed by atoms with Gasteiger partial charge in [-0.3, -0.25) is 9.69 Å². The molecule has 0 saturated carbocycles. The van der Waals surface area contributed by atoms with Gasteiger partial charge in [0, 0.05) is 13.1 Å². The second-order valence-electron chi connectivity index (χ2n) is 2.57. The van der Waals surface area contributed by atoms with Gasteiger partial charge in [-0.2, -0.15) is 5.26 Å². The van der Waals surface area contributed by atoms with E-state index in [1.165, 1.54) is 0 Å². The Labute approximate surface area is 65.8 Å². The topological polar surface area (TPSA) is 56.1 Å². The number of nitriles is 1. The smallest absolute Gasteiger partial charge is 0.234 e. The molecule has 60 valence electrons. The van der Waals surface area contributed by atoms with Crippen LogP contribution in [0.4, 0.5) is 0 Å². The molecule has 0 aliphatic carbocycles. The molecule has 1 amide bonds. The van der Waals surface area contributed by atoms with E-state index < -0.39 is 0 Å². The van der Waals surface area contributed by atoms with Crippen molar-refractivity contribution in [1.82, 2.24) is 10.2 Å². The van der Waals surface area contributed by atoms with Crippen molar-refractivity contribution < 1.29 is 4.79 Å². The van der Waals surface area contributed by atoms with Gasteiger partial charge in [0.25, 0.3) is 0 Å². The lowest BCUT2D eigenvalue weighted by Crippen LogP contribution is -2.33. The van der Waals surface area contributed by atoms with Gasteiger partial charge in [0.2, 0.25) is 5.91 Å². The van der Waals surface area contributed by atoms with Crippen LogP contribution in [0.1, 0.15) is 6.42 Å². The van der Waals surface area contributed by atoms with E-state index in [0.29, 0.717) is 13.1 Å². The molecule has 0 aromatic carbocycles. The molecule has 0 atom stereocenters. The van der Waals surface area contributed by atoms with Crippen molar-refractivity contribution >= 4 is 5.91 Å². The standard InChI is InChI=1S/C7H11N3O/c8-2-5-10-4-1-3-9-7(11)6-10/h1,3-6H2,(H,9,11). The van der Waals surface area contributed by atoms with Crippen molar-refractivity contribution in [2.24, 2.45) is 0 Å². The molecule has 1 rings (SSSR count). The average Bonchev–Trinajstić information content (AvgIpc) is 2.15.